The van der Waals surface area contributed by atoms with Crippen molar-refractivity contribution < 1.29 is 8.81 Å². The molecule has 78 valence electrons. The van der Waals surface area contributed by atoms with E-state index in [-0.39, 0.29) is 5.02 Å². The number of nitrogens with one attached hydrogen (secondary N) is 1. The molecule has 5 heteroatoms. The van der Waals surface area contributed by atoms with Crippen molar-refractivity contribution in [3.8, 4) is 0 Å². The quantitative estimate of drug-likeness (QED) is 0.874. The normalized spacial score (nSPS) is 10.3. The van der Waals surface area contributed by atoms with Gasteiger partial charge in [0.2, 0.25) is 0 Å². The number of aromatic nitrogens is 1. The van der Waals surface area contributed by atoms with Crippen LogP contribution in [0.2, 0.25) is 5.02 Å². The van der Waals surface area contributed by atoms with Gasteiger partial charge in [0.25, 0.3) is 0 Å². The second kappa shape index (κ2) is 4.31. The molecular weight excluding hydrogens is 219 g/mol. The fraction of sp³-hybridized carbons (Fsp3) is 0.100. The van der Waals surface area contributed by atoms with Crippen LogP contribution >= 0.6 is 11.6 Å². The summed E-state index contributed by atoms with van der Waals surface area (Å²) in [5.74, 6) is 0.275. The van der Waals surface area contributed by atoms with Gasteiger partial charge in [-0.15, -0.1) is 0 Å². The topological polar surface area (TPSA) is 38.1 Å². The van der Waals surface area contributed by atoms with Crippen LogP contribution in [0.1, 0.15) is 5.76 Å². The number of nitrogens with zero attached hydrogens (tertiary/aromatic N) is 1. The summed E-state index contributed by atoms with van der Waals surface area (Å²) >= 11 is 5.62. The molecule has 0 saturated heterocycles. The Hall–Kier alpha value is -1.55. The minimum atomic E-state index is -0.429. The van der Waals surface area contributed by atoms with Crippen molar-refractivity contribution in [1.29, 1.82) is 0 Å². The molecule has 0 saturated carbocycles. The molecule has 0 fully saturated rings. The Labute approximate surface area is 90.9 Å². The number of benzene rings is 1. The van der Waals surface area contributed by atoms with E-state index < -0.39 is 5.82 Å². The van der Waals surface area contributed by atoms with Crippen LogP contribution in [0.4, 0.5) is 10.1 Å². The average Bonchev–Trinajstić information content (AvgIpc) is 2.73. The van der Waals surface area contributed by atoms with Gasteiger partial charge in [-0.25, -0.2) is 9.37 Å². The van der Waals surface area contributed by atoms with Crippen molar-refractivity contribution in [1.82, 2.24) is 4.98 Å². The minimum Gasteiger partial charge on any atom is -0.447 e. The molecule has 0 unspecified atom stereocenters. The van der Waals surface area contributed by atoms with Crippen LogP contribution in [-0.4, -0.2) is 4.98 Å². The summed E-state index contributed by atoms with van der Waals surface area (Å²) in [5.41, 5.74) is 0.734. The van der Waals surface area contributed by atoms with E-state index in [1.54, 1.807) is 12.3 Å². The first-order valence-electron chi connectivity index (χ1n) is 4.32. The summed E-state index contributed by atoms with van der Waals surface area (Å²) in [6.07, 6.45) is 2.97. The number of halogens is 2. The molecule has 2 aromatic rings. The van der Waals surface area contributed by atoms with Crippen LogP contribution < -0.4 is 5.32 Å². The molecule has 0 aliphatic heterocycles. The summed E-state index contributed by atoms with van der Waals surface area (Å²) < 4.78 is 17.9. The monoisotopic (exact) mass is 226 g/mol. The maximum absolute atomic E-state index is 12.8. The Kier molecular flexibility index (Phi) is 2.87. The van der Waals surface area contributed by atoms with E-state index in [0.717, 1.165) is 5.69 Å². The lowest BCUT2D eigenvalue weighted by Crippen LogP contribution is -1.98. The average molecular weight is 227 g/mol. The molecule has 1 aromatic carbocycles. The summed E-state index contributed by atoms with van der Waals surface area (Å²) in [5, 5.41) is 3.13. The van der Waals surface area contributed by atoms with Gasteiger partial charge >= 0.3 is 0 Å². The summed E-state index contributed by atoms with van der Waals surface area (Å²) in [4.78, 5) is 3.77. The first-order chi connectivity index (χ1) is 7.25. The molecule has 1 aromatic heterocycles. The molecule has 0 aliphatic carbocycles. The Morgan fingerprint density at radius 1 is 1.47 bits per heavy atom. The molecule has 2 rings (SSSR count). The van der Waals surface area contributed by atoms with Crippen LogP contribution in [0.5, 0.6) is 0 Å². The largest absolute Gasteiger partial charge is 0.447 e. The zero-order valence-electron chi connectivity index (χ0n) is 7.71. The number of rotatable bonds is 3. The summed E-state index contributed by atoms with van der Waals surface area (Å²) in [6.45, 7) is 0.488. The molecule has 1 heterocycles. The zero-order chi connectivity index (χ0) is 10.7. The molecule has 15 heavy (non-hydrogen) atoms. The molecule has 0 aliphatic rings. The van der Waals surface area contributed by atoms with E-state index in [1.807, 2.05) is 0 Å². The standard InChI is InChI=1S/C10H8ClFN2O/c11-9-3-7(1-2-10(9)12)14-5-8-4-13-6-15-8/h1-4,6,14H,5H2. The van der Waals surface area contributed by atoms with Crippen molar-refractivity contribution >= 4 is 17.3 Å². The lowest BCUT2D eigenvalue weighted by atomic mass is 10.3. The molecule has 0 atom stereocenters. The predicted octanol–water partition coefficient (Wildman–Crippen LogP) is 3.08. The van der Waals surface area contributed by atoms with Gasteiger partial charge in [-0.05, 0) is 18.2 Å². The Bertz CT molecular complexity index is 445. The van der Waals surface area contributed by atoms with Gasteiger partial charge in [-0.1, -0.05) is 11.6 Å². The Morgan fingerprint density at radius 3 is 3.00 bits per heavy atom. The highest BCUT2D eigenvalue weighted by molar-refractivity contribution is 6.31. The number of hydrogen-bond acceptors (Lipinski definition) is 3. The fourth-order valence-electron chi connectivity index (χ4n) is 1.12. The maximum Gasteiger partial charge on any atom is 0.180 e. The molecule has 3 nitrogen and oxygen atoms in total. The van der Waals surface area contributed by atoms with Crippen LogP contribution in [0, 0.1) is 5.82 Å². The first-order valence-corrected chi connectivity index (χ1v) is 4.70. The minimum absolute atomic E-state index is 0.0950. The number of oxazole rings is 1. The van der Waals surface area contributed by atoms with Gasteiger partial charge in [-0.2, -0.15) is 0 Å². The van der Waals surface area contributed by atoms with Crippen molar-refractivity contribution in [2.45, 2.75) is 6.54 Å². The van der Waals surface area contributed by atoms with Gasteiger partial charge < -0.3 is 9.73 Å². The lowest BCUT2D eigenvalue weighted by Gasteiger charge is -2.04. The second-order valence-corrected chi connectivity index (χ2v) is 3.36. The van der Waals surface area contributed by atoms with Crippen molar-refractivity contribution in [2.24, 2.45) is 0 Å². The number of hydrogen-bond donors (Lipinski definition) is 1. The highest BCUT2D eigenvalue weighted by Crippen LogP contribution is 2.19. The smallest absolute Gasteiger partial charge is 0.180 e. The van der Waals surface area contributed by atoms with Crippen molar-refractivity contribution in [3.63, 3.8) is 0 Å². The van der Waals surface area contributed by atoms with E-state index >= 15 is 0 Å². The van der Waals surface area contributed by atoms with Crippen LogP contribution in [0.25, 0.3) is 0 Å². The fourth-order valence-corrected chi connectivity index (χ4v) is 1.31. The van der Waals surface area contributed by atoms with Gasteiger partial charge in [0.05, 0.1) is 17.8 Å². The second-order valence-electron chi connectivity index (χ2n) is 2.95. The van der Waals surface area contributed by atoms with E-state index in [4.69, 9.17) is 16.0 Å². The van der Waals surface area contributed by atoms with Crippen molar-refractivity contribution in [3.05, 3.63) is 47.4 Å². The van der Waals surface area contributed by atoms with Crippen LogP contribution in [-0.2, 0) is 6.54 Å². The van der Waals surface area contributed by atoms with E-state index in [1.165, 1.54) is 18.5 Å². The summed E-state index contributed by atoms with van der Waals surface area (Å²) in [6, 6.07) is 4.44. The summed E-state index contributed by atoms with van der Waals surface area (Å²) in [7, 11) is 0. The molecule has 0 bridgehead atoms. The maximum atomic E-state index is 12.8. The third-order valence-electron chi connectivity index (χ3n) is 1.87. The first kappa shape index (κ1) is 9.98. The molecule has 0 radical (unpaired) electrons. The van der Waals surface area contributed by atoms with Crippen LogP contribution in [0.3, 0.4) is 0 Å². The molecule has 0 amide bonds. The highest BCUT2D eigenvalue weighted by atomic mass is 35.5. The van der Waals surface area contributed by atoms with E-state index in [0.29, 0.717) is 12.3 Å². The van der Waals surface area contributed by atoms with Crippen LogP contribution in [0.15, 0.2) is 35.2 Å². The van der Waals surface area contributed by atoms with E-state index in [2.05, 4.69) is 10.3 Å². The SMILES string of the molecule is Fc1ccc(NCc2cnco2)cc1Cl. The third kappa shape index (κ3) is 2.47. The van der Waals surface area contributed by atoms with Gasteiger partial charge in [-0.3, -0.25) is 0 Å². The molecule has 0 spiro atoms. The Balaban J connectivity index is 2.02. The van der Waals surface area contributed by atoms with Crippen molar-refractivity contribution in [2.75, 3.05) is 5.32 Å². The van der Waals surface area contributed by atoms with Gasteiger partial charge in [0, 0.05) is 5.69 Å². The van der Waals surface area contributed by atoms with E-state index in [9.17, 15) is 4.39 Å². The van der Waals surface area contributed by atoms with Gasteiger partial charge in [0.1, 0.15) is 11.6 Å². The van der Waals surface area contributed by atoms with Gasteiger partial charge in [0.15, 0.2) is 6.39 Å². The molecular formula is C10H8ClFN2O. The Morgan fingerprint density at radius 2 is 2.33 bits per heavy atom. The third-order valence-corrected chi connectivity index (χ3v) is 2.16. The zero-order valence-corrected chi connectivity index (χ0v) is 8.46. The number of anilines is 1. The predicted molar refractivity (Wildman–Crippen MR) is 55.2 cm³/mol. The lowest BCUT2D eigenvalue weighted by molar-refractivity contribution is 0.511. The highest BCUT2D eigenvalue weighted by Gasteiger charge is 2.01. The molecule has 1 N–H and O–H groups in total.